The van der Waals surface area contributed by atoms with Crippen LogP contribution < -0.4 is 14.2 Å². The third-order valence-corrected chi connectivity index (χ3v) is 6.64. The number of amides is 1. The van der Waals surface area contributed by atoms with Gasteiger partial charge in [-0.15, -0.1) is 0 Å². The second-order valence-corrected chi connectivity index (χ2v) is 9.10. The van der Waals surface area contributed by atoms with Gasteiger partial charge in [0.25, 0.3) is 0 Å². The van der Waals surface area contributed by atoms with E-state index in [9.17, 15) is 4.79 Å². The van der Waals surface area contributed by atoms with E-state index < -0.39 is 0 Å². The molecule has 0 saturated carbocycles. The highest BCUT2D eigenvalue weighted by Crippen LogP contribution is 2.31. The minimum absolute atomic E-state index is 0.166. The van der Waals surface area contributed by atoms with Crippen LogP contribution in [0.5, 0.6) is 17.2 Å². The van der Waals surface area contributed by atoms with Crippen molar-refractivity contribution in [2.24, 2.45) is 0 Å². The molecule has 1 aliphatic rings. The summed E-state index contributed by atoms with van der Waals surface area (Å²) in [5.74, 6) is 2.64. The van der Waals surface area contributed by atoms with Crippen LogP contribution in [0.3, 0.4) is 0 Å². The van der Waals surface area contributed by atoms with Gasteiger partial charge in [0.05, 0.1) is 32.8 Å². The lowest BCUT2D eigenvalue weighted by Crippen LogP contribution is -2.35. The molecule has 7 heteroatoms. The van der Waals surface area contributed by atoms with E-state index in [1.165, 1.54) is 5.56 Å². The number of nitrogens with zero attached hydrogens (tertiary/aromatic N) is 2. The van der Waals surface area contributed by atoms with Crippen LogP contribution >= 0.6 is 11.6 Å². The minimum Gasteiger partial charge on any atom is -0.495 e. The van der Waals surface area contributed by atoms with E-state index in [0.29, 0.717) is 23.1 Å². The highest BCUT2D eigenvalue weighted by Gasteiger charge is 2.22. The summed E-state index contributed by atoms with van der Waals surface area (Å²) in [5.41, 5.74) is 3.37. The summed E-state index contributed by atoms with van der Waals surface area (Å²) in [4.78, 5) is 17.1. The largest absolute Gasteiger partial charge is 0.495 e. The van der Waals surface area contributed by atoms with Crippen LogP contribution in [0.2, 0.25) is 5.02 Å². The van der Waals surface area contributed by atoms with Gasteiger partial charge in [0, 0.05) is 19.6 Å². The summed E-state index contributed by atoms with van der Waals surface area (Å²) in [6.07, 6.45) is 2.15. The number of methoxy groups -OCH3 is 3. The molecule has 0 saturated heterocycles. The first-order valence-corrected chi connectivity index (χ1v) is 11.8. The fourth-order valence-corrected chi connectivity index (χ4v) is 4.70. The molecule has 0 bridgehead atoms. The molecule has 0 fully saturated rings. The van der Waals surface area contributed by atoms with Crippen LogP contribution in [0.4, 0.5) is 0 Å². The van der Waals surface area contributed by atoms with Crippen molar-refractivity contribution in [1.29, 1.82) is 0 Å². The normalized spacial score (nSPS) is 14.6. The Bertz CT molecular complexity index is 966. The Kier molecular flexibility index (Phi) is 8.87. The first-order chi connectivity index (χ1) is 15.9. The summed E-state index contributed by atoms with van der Waals surface area (Å²) >= 11 is 6.28. The molecule has 0 spiro atoms. The van der Waals surface area contributed by atoms with Crippen molar-refractivity contribution < 1.29 is 19.0 Å². The van der Waals surface area contributed by atoms with Gasteiger partial charge in [-0.1, -0.05) is 24.6 Å². The van der Waals surface area contributed by atoms with E-state index in [1.807, 2.05) is 29.2 Å². The van der Waals surface area contributed by atoms with Gasteiger partial charge in [0.2, 0.25) is 5.91 Å². The van der Waals surface area contributed by atoms with E-state index in [2.05, 4.69) is 24.9 Å². The number of halogens is 1. The van der Waals surface area contributed by atoms with Gasteiger partial charge in [-0.05, 0) is 73.3 Å². The number of fused-ring (bicyclic) bond motifs is 1. The van der Waals surface area contributed by atoms with Crippen LogP contribution in [-0.4, -0.2) is 70.3 Å². The van der Waals surface area contributed by atoms with E-state index in [0.717, 1.165) is 61.6 Å². The molecular formula is C26H35ClN2O4. The van der Waals surface area contributed by atoms with E-state index in [-0.39, 0.29) is 5.91 Å². The lowest BCUT2D eigenvalue weighted by Gasteiger charge is -2.25. The summed E-state index contributed by atoms with van der Waals surface area (Å²) in [6, 6.07) is 9.94. The second kappa shape index (κ2) is 11.6. The van der Waals surface area contributed by atoms with Gasteiger partial charge in [-0.2, -0.15) is 0 Å². The molecule has 1 atom stereocenters. The number of ether oxygens (including phenoxy) is 3. The molecule has 3 rings (SSSR count). The number of carbonyl (C=O) groups is 1. The Balaban J connectivity index is 1.50. The number of carbonyl (C=O) groups excluding carboxylic acids is 1. The molecule has 1 amide bonds. The smallest absolute Gasteiger partial charge is 0.227 e. The summed E-state index contributed by atoms with van der Waals surface area (Å²) in [6.45, 7) is 5.54. The van der Waals surface area contributed by atoms with E-state index >= 15 is 0 Å². The molecule has 1 unspecified atom stereocenters. The Morgan fingerprint density at radius 3 is 2.45 bits per heavy atom. The van der Waals surface area contributed by atoms with Crippen molar-refractivity contribution in [3.8, 4) is 17.2 Å². The Morgan fingerprint density at radius 1 is 1.03 bits per heavy atom. The number of likely N-dealkylation sites (N-methyl/N-ethyl adjacent to an activating group) is 1. The van der Waals surface area contributed by atoms with Crippen molar-refractivity contribution in [2.45, 2.75) is 32.1 Å². The SMILES string of the molecule is COc1cc2c(cc1Cl)CCN(CCCN(C)CC(C)c1ccc(OC)c(OC)c1)C(=O)C2. The molecule has 0 radical (unpaired) electrons. The maximum absolute atomic E-state index is 12.8. The Labute approximate surface area is 202 Å². The molecule has 1 aliphatic heterocycles. The van der Waals surface area contributed by atoms with Crippen molar-refractivity contribution in [3.05, 3.63) is 52.0 Å². The molecule has 180 valence electrons. The highest BCUT2D eigenvalue weighted by molar-refractivity contribution is 6.32. The molecule has 0 aromatic heterocycles. The Morgan fingerprint density at radius 2 is 1.76 bits per heavy atom. The molecular weight excluding hydrogens is 440 g/mol. The minimum atomic E-state index is 0.166. The standard InChI is InChI=1S/C26H35ClN2O4/c1-18(19-7-8-23(31-3)25(14-19)33-5)17-28(2)10-6-11-29-12-9-20-13-22(27)24(32-4)15-21(20)16-26(29)30/h7-8,13-15,18H,6,9-12,16-17H2,1-5H3. The highest BCUT2D eigenvalue weighted by atomic mass is 35.5. The van der Waals surface area contributed by atoms with E-state index in [1.54, 1.807) is 21.3 Å². The average molecular weight is 475 g/mol. The van der Waals surface area contributed by atoms with Gasteiger partial charge in [0.15, 0.2) is 11.5 Å². The number of hydrogen-bond acceptors (Lipinski definition) is 5. The maximum atomic E-state index is 12.8. The topological polar surface area (TPSA) is 51.2 Å². The molecule has 2 aromatic rings. The lowest BCUT2D eigenvalue weighted by atomic mass is 10.00. The molecule has 0 N–H and O–H groups in total. The molecule has 6 nitrogen and oxygen atoms in total. The molecule has 0 aliphatic carbocycles. The predicted octanol–water partition coefficient (Wildman–Crippen LogP) is 4.42. The van der Waals surface area contributed by atoms with Crippen LogP contribution in [0.1, 0.15) is 36.0 Å². The third-order valence-electron chi connectivity index (χ3n) is 6.35. The second-order valence-electron chi connectivity index (χ2n) is 8.69. The first kappa shape index (κ1) is 25.2. The average Bonchev–Trinajstić information content (AvgIpc) is 2.95. The quantitative estimate of drug-likeness (QED) is 0.510. The van der Waals surface area contributed by atoms with Crippen LogP contribution in [-0.2, 0) is 17.6 Å². The predicted molar refractivity (Wildman–Crippen MR) is 132 cm³/mol. The monoisotopic (exact) mass is 474 g/mol. The maximum Gasteiger partial charge on any atom is 0.227 e. The lowest BCUT2D eigenvalue weighted by molar-refractivity contribution is -0.130. The molecule has 2 aromatic carbocycles. The molecule has 1 heterocycles. The number of hydrogen-bond donors (Lipinski definition) is 0. The van der Waals surface area contributed by atoms with Crippen LogP contribution in [0.15, 0.2) is 30.3 Å². The van der Waals surface area contributed by atoms with Crippen LogP contribution in [0.25, 0.3) is 0 Å². The first-order valence-electron chi connectivity index (χ1n) is 11.4. The fraction of sp³-hybridized carbons (Fsp3) is 0.500. The van der Waals surface area contributed by atoms with Gasteiger partial charge in [0.1, 0.15) is 5.75 Å². The van der Waals surface area contributed by atoms with Crippen molar-refractivity contribution in [3.63, 3.8) is 0 Å². The van der Waals surface area contributed by atoms with Crippen molar-refractivity contribution >= 4 is 17.5 Å². The zero-order valence-corrected chi connectivity index (χ0v) is 21.1. The summed E-state index contributed by atoms with van der Waals surface area (Å²) in [7, 11) is 7.03. The zero-order chi connectivity index (χ0) is 24.0. The van der Waals surface area contributed by atoms with Gasteiger partial charge >= 0.3 is 0 Å². The van der Waals surface area contributed by atoms with Crippen molar-refractivity contribution in [1.82, 2.24) is 9.80 Å². The van der Waals surface area contributed by atoms with Gasteiger partial charge < -0.3 is 24.0 Å². The zero-order valence-electron chi connectivity index (χ0n) is 20.3. The molecule has 33 heavy (non-hydrogen) atoms. The summed E-state index contributed by atoms with van der Waals surface area (Å²) < 4.78 is 16.1. The van der Waals surface area contributed by atoms with Gasteiger partial charge in [-0.25, -0.2) is 0 Å². The van der Waals surface area contributed by atoms with Gasteiger partial charge in [-0.3, -0.25) is 4.79 Å². The summed E-state index contributed by atoms with van der Waals surface area (Å²) in [5, 5.41) is 0.599. The van der Waals surface area contributed by atoms with Crippen LogP contribution in [0, 0.1) is 0 Å². The Hall–Kier alpha value is -2.44. The van der Waals surface area contributed by atoms with Crippen molar-refractivity contribution in [2.75, 3.05) is 54.6 Å². The number of rotatable bonds is 10. The third kappa shape index (κ3) is 6.33. The number of benzene rings is 2. The van der Waals surface area contributed by atoms with E-state index in [4.69, 9.17) is 25.8 Å². The fourth-order valence-electron chi connectivity index (χ4n) is 4.44.